The lowest BCUT2D eigenvalue weighted by Gasteiger charge is -2.17. The molecule has 0 radical (unpaired) electrons. The van der Waals surface area contributed by atoms with E-state index >= 15 is 0 Å². The fourth-order valence-electron chi connectivity index (χ4n) is 1.93. The second kappa shape index (κ2) is 6.52. The lowest BCUT2D eigenvalue weighted by atomic mass is 10.1. The molecule has 0 unspecified atom stereocenters. The summed E-state index contributed by atoms with van der Waals surface area (Å²) < 4.78 is 1.53. The van der Waals surface area contributed by atoms with Crippen LogP contribution < -0.4 is 5.32 Å². The van der Waals surface area contributed by atoms with Crippen LogP contribution in [0, 0.1) is 0 Å². The topological polar surface area (TPSA) is 59.8 Å². The predicted molar refractivity (Wildman–Crippen MR) is 77.5 cm³/mol. The summed E-state index contributed by atoms with van der Waals surface area (Å²) in [6, 6.07) is 7.30. The van der Waals surface area contributed by atoms with E-state index in [-0.39, 0.29) is 18.0 Å². The van der Waals surface area contributed by atoms with Crippen molar-refractivity contribution >= 4 is 17.5 Å². The first-order chi connectivity index (χ1) is 9.56. The van der Waals surface area contributed by atoms with Crippen LogP contribution in [0.3, 0.4) is 0 Å². The Morgan fingerprint density at radius 3 is 2.65 bits per heavy atom. The summed E-state index contributed by atoms with van der Waals surface area (Å²) in [6.07, 6.45) is 3.71. The van der Waals surface area contributed by atoms with E-state index in [0.717, 1.165) is 12.0 Å². The number of carbonyl (C=O) groups excluding carboxylic acids is 1. The minimum absolute atomic E-state index is 0.0367. The van der Waals surface area contributed by atoms with Gasteiger partial charge in [-0.1, -0.05) is 23.7 Å². The molecule has 0 saturated carbocycles. The average Bonchev–Trinajstić information content (AvgIpc) is 2.94. The van der Waals surface area contributed by atoms with Crippen molar-refractivity contribution in [2.75, 3.05) is 0 Å². The highest BCUT2D eigenvalue weighted by Crippen LogP contribution is 2.11. The Morgan fingerprint density at radius 2 is 2.05 bits per heavy atom. The number of aromatic nitrogens is 3. The van der Waals surface area contributed by atoms with Crippen molar-refractivity contribution in [1.29, 1.82) is 0 Å². The van der Waals surface area contributed by atoms with Gasteiger partial charge in [0.15, 0.2) is 0 Å². The Bertz CT molecular complexity index is 553. The van der Waals surface area contributed by atoms with Gasteiger partial charge in [0.2, 0.25) is 5.91 Å². The van der Waals surface area contributed by atoms with Gasteiger partial charge in [-0.15, -0.1) is 0 Å². The predicted octanol–water partition coefficient (Wildman–Crippen LogP) is 2.24. The number of hydrogen-bond acceptors (Lipinski definition) is 3. The van der Waals surface area contributed by atoms with Crippen molar-refractivity contribution in [3.63, 3.8) is 0 Å². The molecule has 0 saturated heterocycles. The molecule has 106 valence electrons. The zero-order valence-corrected chi connectivity index (χ0v) is 12.2. The van der Waals surface area contributed by atoms with Gasteiger partial charge in [-0.05, 0) is 38.0 Å². The molecule has 2 atom stereocenters. The fraction of sp³-hybridized carbons (Fsp3) is 0.357. The number of nitrogens with zero attached hydrogens (tertiary/aromatic N) is 3. The van der Waals surface area contributed by atoms with Gasteiger partial charge in [0.25, 0.3) is 0 Å². The Hall–Kier alpha value is -1.88. The first kappa shape index (κ1) is 14.5. The molecule has 1 amide bonds. The smallest absolute Gasteiger partial charge is 0.244 e. The molecule has 6 heteroatoms. The molecule has 0 aliphatic rings. The monoisotopic (exact) mass is 292 g/mol. The third-order valence-corrected chi connectivity index (χ3v) is 3.31. The molecule has 20 heavy (non-hydrogen) atoms. The van der Waals surface area contributed by atoms with Crippen LogP contribution in [-0.4, -0.2) is 26.7 Å². The third-order valence-electron chi connectivity index (χ3n) is 3.06. The number of halogens is 1. The summed E-state index contributed by atoms with van der Waals surface area (Å²) in [5.74, 6) is -0.0723. The average molecular weight is 293 g/mol. The molecular formula is C14H17ClN4O. The number of hydrogen-bond donors (Lipinski definition) is 1. The molecule has 2 aromatic rings. The SMILES string of the molecule is C[C@H](Cc1ccc(Cl)cc1)NC(=O)[C@H](C)n1cncn1. The molecular weight excluding hydrogens is 276 g/mol. The molecule has 5 nitrogen and oxygen atoms in total. The Morgan fingerprint density at radius 1 is 1.35 bits per heavy atom. The zero-order valence-electron chi connectivity index (χ0n) is 11.5. The molecule has 1 aromatic carbocycles. The van der Waals surface area contributed by atoms with Gasteiger partial charge in [0.05, 0.1) is 0 Å². The summed E-state index contributed by atoms with van der Waals surface area (Å²) in [7, 11) is 0. The maximum absolute atomic E-state index is 12.1. The van der Waals surface area contributed by atoms with E-state index in [0.29, 0.717) is 5.02 Å². The highest BCUT2D eigenvalue weighted by Gasteiger charge is 2.17. The molecule has 0 aliphatic heterocycles. The minimum Gasteiger partial charge on any atom is -0.351 e. The third kappa shape index (κ3) is 3.81. The van der Waals surface area contributed by atoms with Gasteiger partial charge in [-0.3, -0.25) is 4.79 Å². The van der Waals surface area contributed by atoms with Crippen molar-refractivity contribution in [2.24, 2.45) is 0 Å². The van der Waals surface area contributed by atoms with E-state index in [4.69, 9.17) is 11.6 Å². The quantitative estimate of drug-likeness (QED) is 0.919. The summed E-state index contributed by atoms with van der Waals surface area (Å²) in [5.41, 5.74) is 1.13. The maximum Gasteiger partial charge on any atom is 0.244 e. The van der Waals surface area contributed by atoms with Crippen LogP contribution in [-0.2, 0) is 11.2 Å². The standard InChI is InChI=1S/C14H17ClN4O/c1-10(7-12-3-5-13(15)6-4-12)18-14(20)11(2)19-9-16-8-17-19/h3-6,8-11H,7H2,1-2H3,(H,18,20)/t10-,11+/m1/s1. The van der Waals surface area contributed by atoms with Crippen LogP contribution >= 0.6 is 11.6 Å². The van der Waals surface area contributed by atoms with Crippen molar-refractivity contribution < 1.29 is 4.79 Å². The largest absolute Gasteiger partial charge is 0.351 e. The Balaban J connectivity index is 1.89. The highest BCUT2D eigenvalue weighted by atomic mass is 35.5. The Labute approximate surface area is 123 Å². The molecule has 1 aromatic heterocycles. The van der Waals surface area contributed by atoms with E-state index in [1.54, 1.807) is 6.92 Å². The second-order valence-electron chi connectivity index (χ2n) is 4.79. The van der Waals surface area contributed by atoms with Crippen molar-refractivity contribution in [3.05, 3.63) is 47.5 Å². The van der Waals surface area contributed by atoms with Gasteiger partial charge in [-0.25, -0.2) is 9.67 Å². The number of benzene rings is 1. The van der Waals surface area contributed by atoms with E-state index in [9.17, 15) is 4.79 Å². The van der Waals surface area contributed by atoms with Crippen LogP contribution in [0.1, 0.15) is 25.5 Å². The molecule has 0 bridgehead atoms. The molecule has 0 spiro atoms. The first-order valence-electron chi connectivity index (χ1n) is 6.45. The van der Waals surface area contributed by atoms with Crippen LogP contribution in [0.25, 0.3) is 0 Å². The lowest BCUT2D eigenvalue weighted by Crippen LogP contribution is -2.38. The molecule has 1 heterocycles. The number of amides is 1. The molecule has 1 N–H and O–H groups in total. The van der Waals surface area contributed by atoms with Crippen LogP contribution in [0.2, 0.25) is 5.02 Å². The van der Waals surface area contributed by atoms with Crippen LogP contribution in [0.4, 0.5) is 0 Å². The maximum atomic E-state index is 12.1. The van der Waals surface area contributed by atoms with E-state index in [1.165, 1.54) is 17.3 Å². The van der Waals surface area contributed by atoms with Gasteiger partial charge >= 0.3 is 0 Å². The lowest BCUT2D eigenvalue weighted by molar-refractivity contribution is -0.124. The minimum atomic E-state index is -0.370. The molecule has 0 fully saturated rings. The van der Waals surface area contributed by atoms with Crippen molar-refractivity contribution in [1.82, 2.24) is 20.1 Å². The summed E-state index contributed by atoms with van der Waals surface area (Å²) in [5, 5.41) is 7.65. The Kier molecular flexibility index (Phi) is 4.74. The molecule has 2 rings (SSSR count). The number of rotatable bonds is 5. The fourth-order valence-corrected chi connectivity index (χ4v) is 2.05. The van der Waals surface area contributed by atoms with Gasteiger partial charge < -0.3 is 5.32 Å². The number of nitrogens with one attached hydrogen (secondary N) is 1. The summed E-state index contributed by atoms with van der Waals surface area (Å²) in [6.45, 7) is 3.76. The first-order valence-corrected chi connectivity index (χ1v) is 6.83. The highest BCUT2D eigenvalue weighted by molar-refractivity contribution is 6.30. The van der Waals surface area contributed by atoms with Crippen molar-refractivity contribution in [2.45, 2.75) is 32.4 Å². The number of carbonyl (C=O) groups is 1. The van der Waals surface area contributed by atoms with Crippen LogP contribution in [0.5, 0.6) is 0 Å². The van der Waals surface area contributed by atoms with Crippen LogP contribution in [0.15, 0.2) is 36.9 Å². The van der Waals surface area contributed by atoms with Gasteiger partial charge in [-0.2, -0.15) is 5.10 Å². The van der Waals surface area contributed by atoms with Crippen molar-refractivity contribution in [3.8, 4) is 0 Å². The van der Waals surface area contributed by atoms with E-state index < -0.39 is 0 Å². The van der Waals surface area contributed by atoms with Gasteiger partial charge in [0.1, 0.15) is 18.7 Å². The second-order valence-corrected chi connectivity index (χ2v) is 5.23. The van der Waals surface area contributed by atoms with E-state index in [2.05, 4.69) is 15.4 Å². The summed E-state index contributed by atoms with van der Waals surface area (Å²) >= 11 is 5.85. The summed E-state index contributed by atoms with van der Waals surface area (Å²) in [4.78, 5) is 15.9. The van der Waals surface area contributed by atoms with Gasteiger partial charge in [0, 0.05) is 11.1 Å². The zero-order chi connectivity index (χ0) is 14.5. The van der Waals surface area contributed by atoms with E-state index in [1.807, 2.05) is 31.2 Å². The molecule has 0 aliphatic carbocycles. The normalized spacial score (nSPS) is 13.8.